The minimum atomic E-state index is 0.0699. The second-order valence-electron chi connectivity index (χ2n) is 5.78. The van der Waals surface area contributed by atoms with E-state index in [0.29, 0.717) is 5.92 Å². The zero-order valence-electron chi connectivity index (χ0n) is 10.8. The van der Waals surface area contributed by atoms with Crippen LogP contribution in [-0.2, 0) is 4.79 Å². The molecule has 2 saturated carbocycles. The third-order valence-electron chi connectivity index (χ3n) is 4.09. The van der Waals surface area contributed by atoms with E-state index in [1.807, 2.05) is 18.2 Å². The van der Waals surface area contributed by atoms with Gasteiger partial charge in [-0.3, -0.25) is 4.79 Å². The number of amides is 1. The fourth-order valence-corrected chi connectivity index (χ4v) is 2.62. The highest BCUT2D eigenvalue weighted by Gasteiger charge is 2.38. The molecule has 0 bridgehead atoms. The average Bonchev–Trinajstić information content (AvgIpc) is 3.30. The van der Waals surface area contributed by atoms with Crippen molar-refractivity contribution >= 4 is 16.9 Å². The molecule has 19 heavy (non-hydrogen) atoms. The molecule has 3 nitrogen and oxygen atoms in total. The molecule has 1 N–H and O–H groups in total. The normalized spacial score (nSPS) is 20.4. The number of rotatable bonds is 4. The summed E-state index contributed by atoms with van der Waals surface area (Å²) >= 11 is 0. The lowest BCUT2D eigenvalue weighted by molar-refractivity contribution is -0.123. The Morgan fingerprint density at radius 2 is 2.00 bits per heavy atom. The Balaban J connectivity index is 1.63. The van der Waals surface area contributed by atoms with Crippen LogP contribution in [0.5, 0.6) is 0 Å². The van der Waals surface area contributed by atoms with Gasteiger partial charge in [0.05, 0.1) is 6.04 Å². The van der Waals surface area contributed by atoms with Crippen LogP contribution in [0.2, 0.25) is 0 Å². The molecule has 2 fully saturated rings. The van der Waals surface area contributed by atoms with Gasteiger partial charge in [0.15, 0.2) is 0 Å². The first-order valence-corrected chi connectivity index (χ1v) is 7.10. The van der Waals surface area contributed by atoms with Gasteiger partial charge in [0.1, 0.15) is 11.3 Å². The van der Waals surface area contributed by atoms with Crippen molar-refractivity contribution in [1.82, 2.24) is 5.32 Å². The van der Waals surface area contributed by atoms with Gasteiger partial charge in [0, 0.05) is 11.3 Å². The van der Waals surface area contributed by atoms with Gasteiger partial charge < -0.3 is 9.73 Å². The van der Waals surface area contributed by atoms with E-state index in [-0.39, 0.29) is 17.9 Å². The summed E-state index contributed by atoms with van der Waals surface area (Å²) in [6, 6.07) is 10.2. The van der Waals surface area contributed by atoms with Crippen molar-refractivity contribution in [2.24, 2.45) is 11.8 Å². The van der Waals surface area contributed by atoms with Gasteiger partial charge in [-0.1, -0.05) is 18.2 Å². The summed E-state index contributed by atoms with van der Waals surface area (Å²) in [5.74, 6) is 1.93. The molecule has 3 heteroatoms. The summed E-state index contributed by atoms with van der Waals surface area (Å²) in [5.41, 5.74) is 0.906. The van der Waals surface area contributed by atoms with Gasteiger partial charge in [0.2, 0.25) is 5.91 Å². The molecule has 98 valence electrons. The minimum Gasteiger partial charge on any atom is -0.459 e. The molecule has 0 unspecified atom stereocenters. The quantitative estimate of drug-likeness (QED) is 0.909. The number of para-hydroxylation sites is 1. The van der Waals surface area contributed by atoms with Crippen molar-refractivity contribution in [3.8, 4) is 0 Å². The van der Waals surface area contributed by atoms with Gasteiger partial charge >= 0.3 is 0 Å². The van der Waals surface area contributed by atoms with E-state index >= 15 is 0 Å². The zero-order valence-corrected chi connectivity index (χ0v) is 10.8. The van der Waals surface area contributed by atoms with Crippen LogP contribution in [0, 0.1) is 11.8 Å². The molecule has 1 amide bonds. The number of benzene rings is 1. The Bertz CT molecular complexity index is 589. The SMILES string of the molecule is O=C(N[C@H](c1cc2ccccc2o1)C1CC1)C1CC1. The average molecular weight is 255 g/mol. The fourth-order valence-electron chi connectivity index (χ4n) is 2.62. The molecule has 1 heterocycles. The second-order valence-corrected chi connectivity index (χ2v) is 5.78. The molecule has 0 saturated heterocycles. The summed E-state index contributed by atoms with van der Waals surface area (Å²) in [7, 11) is 0. The predicted octanol–water partition coefficient (Wildman–Crippen LogP) is 3.41. The van der Waals surface area contributed by atoms with Crippen molar-refractivity contribution in [2.75, 3.05) is 0 Å². The van der Waals surface area contributed by atoms with Crippen LogP contribution in [0.25, 0.3) is 11.0 Å². The maximum Gasteiger partial charge on any atom is 0.223 e. The lowest BCUT2D eigenvalue weighted by atomic mass is 10.1. The smallest absolute Gasteiger partial charge is 0.223 e. The summed E-state index contributed by atoms with van der Waals surface area (Å²) in [4.78, 5) is 12.0. The van der Waals surface area contributed by atoms with Crippen LogP contribution >= 0.6 is 0 Å². The van der Waals surface area contributed by atoms with E-state index in [1.54, 1.807) is 0 Å². The Labute approximate surface area is 112 Å². The molecule has 0 spiro atoms. The molecule has 0 aliphatic heterocycles. The van der Waals surface area contributed by atoms with Crippen molar-refractivity contribution in [3.05, 3.63) is 36.1 Å². The number of nitrogens with one attached hydrogen (secondary N) is 1. The first-order chi connectivity index (χ1) is 9.31. The van der Waals surface area contributed by atoms with Crippen LogP contribution in [0.3, 0.4) is 0 Å². The number of hydrogen-bond donors (Lipinski definition) is 1. The summed E-state index contributed by atoms with van der Waals surface area (Å²) in [6.07, 6.45) is 4.46. The van der Waals surface area contributed by atoms with E-state index in [2.05, 4.69) is 17.4 Å². The summed E-state index contributed by atoms with van der Waals surface area (Å²) < 4.78 is 5.92. The molecule has 4 rings (SSSR count). The van der Waals surface area contributed by atoms with Crippen LogP contribution in [0.4, 0.5) is 0 Å². The van der Waals surface area contributed by atoms with Crippen molar-refractivity contribution in [3.63, 3.8) is 0 Å². The van der Waals surface area contributed by atoms with Crippen molar-refractivity contribution in [2.45, 2.75) is 31.7 Å². The molecule has 2 aliphatic carbocycles. The monoisotopic (exact) mass is 255 g/mol. The molecule has 0 radical (unpaired) electrons. The highest BCUT2D eigenvalue weighted by atomic mass is 16.3. The number of fused-ring (bicyclic) bond motifs is 1. The first-order valence-electron chi connectivity index (χ1n) is 7.10. The fraction of sp³-hybridized carbons (Fsp3) is 0.438. The van der Waals surface area contributed by atoms with E-state index in [9.17, 15) is 4.79 Å². The van der Waals surface area contributed by atoms with E-state index < -0.39 is 0 Å². The van der Waals surface area contributed by atoms with Crippen molar-refractivity contribution in [1.29, 1.82) is 0 Å². The highest BCUT2D eigenvalue weighted by Crippen LogP contribution is 2.43. The second kappa shape index (κ2) is 4.12. The number of carbonyl (C=O) groups excluding carboxylic acids is 1. The van der Waals surface area contributed by atoms with Crippen LogP contribution in [0.1, 0.15) is 37.5 Å². The molecule has 1 aromatic carbocycles. The molecule has 2 aromatic rings. The highest BCUT2D eigenvalue weighted by molar-refractivity contribution is 5.82. The molecular weight excluding hydrogens is 238 g/mol. The van der Waals surface area contributed by atoms with E-state index in [4.69, 9.17) is 4.42 Å². The van der Waals surface area contributed by atoms with Gasteiger partial charge in [-0.25, -0.2) is 0 Å². The number of carbonyl (C=O) groups is 1. The Morgan fingerprint density at radius 1 is 1.21 bits per heavy atom. The number of furan rings is 1. The lowest BCUT2D eigenvalue weighted by Gasteiger charge is -2.15. The van der Waals surface area contributed by atoms with E-state index in [1.165, 1.54) is 12.8 Å². The Hall–Kier alpha value is -1.77. The maximum atomic E-state index is 12.0. The third kappa shape index (κ3) is 2.14. The first kappa shape index (κ1) is 11.1. The van der Waals surface area contributed by atoms with Crippen LogP contribution in [0.15, 0.2) is 34.7 Å². The molecular formula is C16H17NO2. The predicted molar refractivity (Wildman–Crippen MR) is 72.5 cm³/mol. The topological polar surface area (TPSA) is 42.2 Å². The van der Waals surface area contributed by atoms with Gasteiger partial charge in [-0.05, 0) is 43.7 Å². The maximum absolute atomic E-state index is 12.0. The van der Waals surface area contributed by atoms with Crippen LogP contribution < -0.4 is 5.32 Å². The van der Waals surface area contributed by atoms with Gasteiger partial charge in [0.25, 0.3) is 0 Å². The Morgan fingerprint density at radius 3 is 2.68 bits per heavy atom. The minimum absolute atomic E-state index is 0.0699. The molecule has 2 aliphatic rings. The van der Waals surface area contributed by atoms with Gasteiger partial charge in [-0.15, -0.1) is 0 Å². The van der Waals surface area contributed by atoms with Crippen molar-refractivity contribution < 1.29 is 9.21 Å². The standard InChI is InChI=1S/C16H17NO2/c18-16(11-7-8-11)17-15(10-5-6-10)14-9-12-3-1-2-4-13(12)19-14/h1-4,9-11,15H,5-8H2,(H,17,18)/t15-/m0/s1. The summed E-state index contributed by atoms with van der Waals surface area (Å²) in [5, 5.41) is 4.30. The van der Waals surface area contributed by atoms with Crippen LogP contribution in [-0.4, -0.2) is 5.91 Å². The van der Waals surface area contributed by atoms with E-state index in [0.717, 1.165) is 29.6 Å². The molecule has 1 atom stereocenters. The lowest BCUT2D eigenvalue weighted by Crippen LogP contribution is -2.30. The molecule has 1 aromatic heterocycles. The Kier molecular flexibility index (Phi) is 2.40. The third-order valence-corrected chi connectivity index (χ3v) is 4.09. The van der Waals surface area contributed by atoms with Gasteiger partial charge in [-0.2, -0.15) is 0 Å². The largest absolute Gasteiger partial charge is 0.459 e. The zero-order chi connectivity index (χ0) is 12.8. The number of hydrogen-bond acceptors (Lipinski definition) is 2. The summed E-state index contributed by atoms with van der Waals surface area (Å²) in [6.45, 7) is 0.